The first-order chi connectivity index (χ1) is 12.7. The largest absolute Gasteiger partial charge is 0.497 e. The number of likely N-dealkylation sites (N-methyl/N-ethyl adjacent to an activating group) is 1. The lowest BCUT2D eigenvalue weighted by atomic mass is 9.69. The summed E-state index contributed by atoms with van der Waals surface area (Å²) in [6.45, 7) is 2.87. The topological polar surface area (TPSA) is 63.4 Å². The van der Waals surface area contributed by atoms with Crippen molar-refractivity contribution in [2.45, 2.75) is 43.6 Å². The minimum absolute atomic E-state index is 0. The summed E-state index contributed by atoms with van der Waals surface area (Å²) in [5, 5.41) is 7.81. The lowest BCUT2D eigenvalue weighted by Crippen LogP contribution is -2.44. The molecule has 1 unspecified atom stereocenters. The molecule has 1 aromatic carbocycles. The van der Waals surface area contributed by atoms with Gasteiger partial charge in [-0.2, -0.15) is 4.98 Å². The summed E-state index contributed by atoms with van der Waals surface area (Å²) in [7, 11) is 3.83. The number of nitrogens with one attached hydrogen (secondary N) is 1. The van der Waals surface area contributed by atoms with E-state index in [-0.39, 0.29) is 23.9 Å². The van der Waals surface area contributed by atoms with Gasteiger partial charge >= 0.3 is 0 Å². The number of piperazine rings is 1. The van der Waals surface area contributed by atoms with Crippen molar-refractivity contribution in [2.75, 3.05) is 33.8 Å². The van der Waals surface area contributed by atoms with Crippen molar-refractivity contribution in [2.24, 2.45) is 0 Å². The highest BCUT2D eigenvalue weighted by Gasteiger charge is 2.41. The maximum Gasteiger partial charge on any atom is 0.237 e. The molecule has 1 N–H and O–H groups in total. The van der Waals surface area contributed by atoms with Gasteiger partial charge in [0.2, 0.25) is 5.89 Å². The molecule has 148 valence electrons. The number of methoxy groups -OCH3 is 1. The molecule has 0 amide bonds. The first-order valence-corrected chi connectivity index (χ1v) is 9.62. The minimum Gasteiger partial charge on any atom is -0.497 e. The Labute approximate surface area is 167 Å². The summed E-state index contributed by atoms with van der Waals surface area (Å²) < 4.78 is 11.2. The Morgan fingerprint density at radius 2 is 1.93 bits per heavy atom. The summed E-state index contributed by atoms with van der Waals surface area (Å²) in [6.07, 6.45) is 5.76. The van der Waals surface area contributed by atoms with Crippen LogP contribution in [0.4, 0.5) is 0 Å². The molecule has 2 fully saturated rings. The van der Waals surface area contributed by atoms with Gasteiger partial charge in [-0.1, -0.05) is 36.6 Å². The summed E-state index contributed by atoms with van der Waals surface area (Å²) in [6, 6.07) is 8.55. The van der Waals surface area contributed by atoms with E-state index in [0.29, 0.717) is 0 Å². The fourth-order valence-corrected chi connectivity index (χ4v) is 4.35. The summed E-state index contributed by atoms with van der Waals surface area (Å²) in [5.41, 5.74) is 1.08. The molecule has 2 heterocycles. The van der Waals surface area contributed by atoms with Gasteiger partial charge in [0.1, 0.15) is 5.75 Å². The molecule has 7 heteroatoms. The molecule has 1 atom stereocenters. The van der Waals surface area contributed by atoms with Gasteiger partial charge in [-0.3, -0.25) is 4.90 Å². The molecule has 1 saturated carbocycles. The molecule has 2 aromatic rings. The van der Waals surface area contributed by atoms with Crippen LogP contribution in [0.2, 0.25) is 0 Å². The maximum absolute atomic E-state index is 5.87. The second-order valence-corrected chi connectivity index (χ2v) is 7.53. The molecule has 1 aromatic heterocycles. The van der Waals surface area contributed by atoms with Crippen LogP contribution in [0, 0.1) is 0 Å². The third-order valence-electron chi connectivity index (χ3n) is 6.01. The van der Waals surface area contributed by atoms with E-state index >= 15 is 0 Å². The van der Waals surface area contributed by atoms with Crippen molar-refractivity contribution in [3.05, 3.63) is 41.5 Å². The lowest BCUT2D eigenvalue weighted by Gasteiger charge is -2.34. The molecular formula is C20H29ClN4O2. The molecule has 27 heavy (non-hydrogen) atoms. The van der Waals surface area contributed by atoms with E-state index in [1.165, 1.54) is 24.8 Å². The molecule has 1 aliphatic carbocycles. The summed E-state index contributed by atoms with van der Waals surface area (Å²) >= 11 is 0. The Hall–Kier alpha value is -1.63. The van der Waals surface area contributed by atoms with Gasteiger partial charge in [-0.15, -0.1) is 12.4 Å². The Morgan fingerprint density at radius 1 is 1.19 bits per heavy atom. The molecule has 0 spiro atoms. The van der Waals surface area contributed by atoms with Gasteiger partial charge in [0.05, 0.1) is 18.6 Å². The number of rotatable bonds is 4. The van der Waals surface area contributed by atoms with Crippen LogP contribution >= 0.6 is 12.4 Å². The third kappa shape index (κ3) is 3.84. The number of hydrogen-bond acceptors (Lipinski definition) is 6. The maximum atomic E-state index is 5.87. The van der Waals surface area contributed by atoms with Gasteiger partial charge in [-0.25, -0.2) is 0 Å². The fraction of sp³-hybridized carbons (Fsp3) is 0.600. The van der Waals surface area contributed by atoms with E-state index in [0.717, 1.165) is 49.9 Å². The molecule has 2 aliphatic rings. The van der Waals surface area contributed by atoms with Crippen molar-refractivity contribution in [1.29, 1.82) is 0 Å². The number of halogens is 1. The molecule has 0 radical (unpaired) electrons. The van der Waals surface area contributed by atoms with E-state index in [1.807, 2.05) is 12.1 Å². The quantitative estimate of drug-likeness (QED) is 0.861. The Morgan fingerprint density at radius 3 is 2.59 bits per heavy atom. The zero-order chi connectivity index (χ0) is 18.0. The second kappa shape index (κ2) is 8.59. The van der Waals surface area contributed by atoms with Crippen molar-refractivity contribution in [3.8, 4) is 5.75 Å². The van der Waals surface area contributed by atoms with Crippen LogP contribution in [0.1, 0.15) is 55.4 Å². The van der Waals surface area contributed by atoms with Crippen LogP contribution in [0.25, 0.3) is 0 Å². The molecule has 0 bridgehead atoms. The molecular weight excluding hydrogens is 364 g/mol. The van der Waals surface area contributed by atoms with Gasteiger partial charge < -0.3 is 14.6 Å². The highest BCUT2D eigenvalue weighted by Crippen LogP contribution is 2.44. The highest BCUT2D eigenvalue weighted by molar-refractivity contribution is 5.85. The lowest BCUT2D eigenvalue weighted by molar-refractivity contribution is 0.189. The predicted octanol–water partition coefficient (Wildman–Crippen LogP) is 3.33. The van der Waals surface area contributed by atoms with Gasteiger partial charge in [0.25, 0.3) is 0 Å². The molecule has 1 saturated heterocycles. The SMILES string of the molecule is COc1ccc(C2(c3nc(C4CNCCN4C)no3)CCCCC2)cc1.Cl. The van der Waals surface area contributed by atoms with Gasteiger partial charge in [-0.05, 0) is 37.6 Å². The summed E-state index contributed by atoms with van der Waals surface area (Å²) in [5.74, 6) is 2.45. The van der Waals surface area contributed by atoms with Crippen molar-refractivity contribution >= 4 is 12.4 Å². The van der Waals surface area contributed by atoms with Crippen LogP contribution in [0.15, 0.2) is 28.8 Å². The predicted molar refractivity (Wildman–Crippen MR) is 107 cm³/mol. The number of ether oxygens (including phenoxy) is 1. The molecule has 6 nitrogen and oxygen atoms in total. The normalized spacial score (nSPS) is 22.8. The zero-order valence-corrected chi connectivity index (χ0v) is 16.9. The van der Waals surface area contributed by atoms with Crippen LogP contribution in [0.5, 0.6) is 5.75 Å². The first kappa shape index (κ1) is 20.1. The van der Waals surface area contributed by atoms with Crippen LogP contribution in [0.3, 0.4) is 0 Å². The Balaban J connectivity index is 0.00000210. The second-order valence-electron chi connectivity index (χ2n) is 7.53. The number of hydrogen-bond donors (Lipinski definition) is 1. The summed E-state index contributed by atoms with van der Waals surface area (Å²) in [4.78, 5) is 7.21. The van der Waals surface area contributed by atoms with Gasteiger partial charge in [0, 0.05) is 19.6 Å². The average molecular weight is 393 g/mol. The van der Waals surface area contributed by atoms with E-state index < -0.39 is 0 Å². The highest BCUT2D eigenvalue weighted by atomic mass is 35.5. The number of benzene rings is 1. The average Bonchev–Trinajstić information content (AvgIpc) is 3.19. The van der Waals surface area contributed by atoms with Gasteiger partial charge in [0.15, 0.2) is 5.82 Å². The zero-order valence-electron chi connectivity index (χ0n) is 16.1. The van der Waals surface area contributed by atoms with Crippen molar-refractivity contribution in [3.63, 3.8) is 0 Å². The third-order valence-corrected chi connectivity index (χ3v) is 6.01. The smallest absolute Gasteiger partial charge is 0.237 e. The standard InChI is InChI=1S/C20H28N4O2.ClH/c1-24-13-12-21-14-17(24)18-22-19(26-23-18)20(10-4-3-5-11-20)15-6-8-16(25-2)9-7-15;/h6-9,17,21H,3-5,10-14H2,1-2H3;1H. The molecule has 1 aliphatic heterocycles. The fourth-order valence-electron chi connectivity index (χ4n) is 4.35. The Kier molecular flexibility index (Phi) is 6.40. The van der Waals surface area contributed by atoms with Crippen LogP contribution in [-0.2, 0) is 5.41 Å². The van der Waals surface area contributed by atoms with E-state index in [2.05, 4.69) is 34.6 Å². The minimum atomic E-state index is -0.170. The first-order valence-electron chi connectivity index (χ1n) is 9.62. The monoisotopic (exact) mass is 392 g/mol. The molecule has 4 rings (SSSR count). The van der Waals surface area contributed by atoms with E-state index in [1.54, 1.807) is 7.11 Å². The van der Waals surface area contributed by atoms with E-state index in [9.17, 15) is 0 Å². The van der Waals surface area contributed by atoms with Crippen molar-refractivity contribution in [1.82, 2.24) is 20.4 Å². The number of nitrogens with zero attached hydrogens (tertiary/aromatic N) is 3. The van der Waals surface area contributed by atoms with Crippen LogP contribution in [-0.4, -0.2) is 48.8 Å². The Bertz CT molecular complexity index is 728. The van der Waals surface area contributed by atoms with E-state index in [4.69, 9.17) is 14.2 Å². The number of aromatic nitrogens is 2. The van der Waals surface area contributed by atoms with Crippen molar-refractivity contribution < 1.29 is 9.26 Å². The van der Waals surface area contributed by atoms with Crippen LogP contribution < -0.4 is 10.1 Å².